The van der Waals surface area contributed by atoms with Crippen LogP contribution in [0.3, 0.4) is 0 Å². The lowest BCUT2D eigenvalue weighted by Gasteiger charge is -2.16. The summed E-state index contributed by atoms with van der Waals surface area (Å²) in [7, 11) is 0.820. The van der Waals surface area contributed by atoms with E-state index in [0.717, 1.165) is 17.1 Å². The molecule has 2 aromatic rings. The summed E-state index contributed by atoms with van der Waals surface area (Å²) in [5.74, 6) is 3.58. The first kappa shape index (κ1) is 18.3. The molecule has 0 saturated heterocycles. The van der Waals surface area contributed by atoms with Crippen molar-refractivity contribution in [1.82, 2.24) is 10.6 Å². The molecule has 0 bridgehead atoms. The third kappa shape index (κ3) is 5.85. The Kier molecular flexibility index (Phi) is 7.06. The number of hydrogen-bond donors (Lipinski definition) is 2. The van der Waals surface area contributed by atoms with Crippen LogP contribution in [0.2, 0.25) is 0 Å². The third-order valence-corrected chi connectivity index (χ3v) is 4.87. The van der Waals surface area contributed by atoms with Crippen molar-refractivity contribution in [3.05, 3.63) is 59.5 Å². The van der Waals surface area contributed by atoms with E-state index >= 15 is 0 Å². The molecule has 2 N–H and O–H groups in total. The van der Waals surface area contributed by atoms with Gasteiger partial charge in [-0.15, -0.1) is 0 Å². The highest BCUT2D eigenvalue weighted by molar-refractivity contribution is 7.84. The second-order valence-corrected chi connectivity index (χ2v) is 7.16. The van der Waals surface area contributed by atoms with Crippen LogP contribution < -0.4 is 10.6 Å². The van der Waals surface area contributed by atoms with Gasteiger partial charge in [0.1, 0.15) is 11.5 Å². The van der Waals surface area contributed by atoms with E-state index in [0.29, 0.717) is 24.0 Å². The monoisotopic (exact) mass is 347 g/mol. The highest BCUT2D eigenvalue weighted by atomic mass is 32.2. The molecule has 1 aromatic heterocycles. The molecule has 0 saturated carbocycles. The number of aryl methyl sites for hydroxylation is 1. The summed E-state index contributed by atoms with van der Waals surface area (Å²) >= 11 is 0. The molecule has 2 unspecified atom stereocenters. The Hall–Kier alpha value is -2.08. The summed E-state index contributed by atoms with van der Waals surface area (Å²) in [6.45, 7) is 4.53. The van der Waals surface area contributed by atoms with Gasteiger partial charge < -0.3 is 15.1 Å². The molecule has 0 aliphatic rings. The second kappa shape index (κ2) is 9.27. The predicted octanol–water partition coefficient (Wildman–Crippen LogP) is 2.76. The summed E-state index contributed by atoms with van der Waals surface area (Å²) in [5.41, 5.74) is 1.10. The smallest absolute Gasteiger partial charge is 0.191 e. The van der Waals surface area contributed by atoms with E-state index in [1.807, 2.05) is 56.3 Å². The van der Waals surface area contributed by atoms with Crippen LogP contribution in [-0.4, -0.2) is 29.5 Å². The van der Waals surface area contributed by atoms with E-state index in [4.69, 9.17) is 4.42 Å². The molecule has 0 spiro atoms. The summed E-state index contributed by atoms with van der Waals surface area (Å²) in [4.78, 5) is 4.19. The molecular formula is C18H25N3O2S. The lowest BCUT2D eigenvalue weighted by Crippen LogP contribution is -2.40. The number of nitrogens with zero attached hydrogens (tertiary/aromatic N) is 1. The van der Waals surface area contributed by atoms with Crippen molar-refractivity contribution in [2.75, 3.05) is 19.3 Å². The van der Waals surface area contributed by atoms with Gasteiger partial charge in [-0.05, 0) is 31.5 Å². The first-order valence-corrected chi connectivity index (χ1v) is 9.49. The zero-order valence-corrected chi connectivity index (χ0v) is 15.2. The molecule has 0 fully saturated rings. The molecule has 1 heterocycles. The van der Waals surface area contributed by atoms with Gasteiger partial charge in [0.05, 0.1) is 6.04 Å². The normalized spacial score (nSPS) is 14.2. The Morgan fingerprint density at radius 2 is 2.00 bits per heavy atom. The van der Waals surface area contributed by atoms with Crippen molar-refractivity contribution < 1.29 is 8.63 Å². The number of rotatable bonds is 7. The molecule has 130 valence electrons. The lowest BCUT2D eigenvalue weighted by molar-refractivity contribution is 0.441. The molecule has 24 heavy (non-hydrogen) atoms. The fourth-order valence-electron chi connectivity index (χ4n) is 2.27. The van der Waals surface area contributed by atoms with Crippen LogP contribution in [0, 0.1) is 6.92 Å². The van der Waals surface area contributed by atoms with Crippen LogP contribution in [-0.2, 0) is 16.6 Å². The van der Waals surface area contributed by atoms with Gasteiger partial charge >= 0.3 is 0 Å². The van der Waals surface area contributed by atoms with Gasteiger partial charge in [-0.3, -0.25) is 9.20 Å². The van der Waals surface area contributed by atoms with E-state index in [2.05, 4.69) is 15.6 Å². The van der Waals surface area contributed by atoms with Crippen LogP contribution in [0.1, 0.15) is 30.0 Å². The molecule has 5 nitrogen and oxygen atoms in total. The van der Waals surface area contributed by atoms with Crippen molar-refractivity contribution in [2.45, 2.75) is 25.6 Å². The Morgan fingerprint density at radius 3 is 2.62 bits per heavy atom. The zero-order chi connectivity index (χ0) is 17.4. The molecule has 2 atom stereocenters. The predicted molar refractivity (Wildman–Crippen MR) is 99.5 cm³/mol. The minimum absolute atomic E-state index is 0.0136. The topological polar surface area (TPSA) is 66.6 Å². The molecule has 0 amide bonds. The fraction of sp³-hybridized carbons (Fsp3) is 0.389. The van der Waals surface area contributed by atoms with Crippen LogP contribution in [0.15, 0.2) is 51.9 Å². The second-order valence-electron chi connectivity index (χ2n) is 5.59. The van der Waals surface area contributed by atoms with E-state index in [1.165, 1.54) is 0 Å². The van der Waals surface area contributed by atoms with Crippen LogP contribution in [0.25, 0.3) is 0 Å². The maximum absolute atomic E-state index is 12.1. The van der Waals surface area contributed by atoms with Crippen molar-refractivity contribution in [1.29, 1.82) is 0 Å². The highest BCUT2D eigenvalue weighted by Crippen LogP contribution is 2.15. The molecule has 0 aliphatic heterocycles. The first-order valence-electron chi connectivity index (χ1n) is 8.01. The molecular weight excluding hydrogens is 322 g/mol. The van der Waals surface area contributed by atoms with E-state index in [1.54, 1.807) is 7.05 Å². The summed E-state index contributed by atoms with van der Waals surface area (Å²) in [6, 6.07) is 13.8. The van der Waals surface area contributed by atoms with Gasteiger partial charge in [0.15, 0.2) is 5.96 Å². The molecule has 2 rings (SSSR count). The van der Waals surface area contributed by atoms with Gasteiger partial charge in [0, 0.05) is 35.9 Å². The average molecular weight is 347 g/mol. The van der Waals surface area contributed by atoms with E-state index < -0.39 is 10.8 Å². The highest BCUT2D eigenvalue weighted by Gasteiger charge is 2.11. The molecule has 0 radical (unpaired) electrons. The zero-order valence-electron chi connectivity index (χ0n) is 14.4. The molecule has 0 aliphatic carbocycles. The standard InChI is InChI=1S/C18H25N3O2S/c1-14-9-10-17(23-14)15(2)21-18(19-3)20-11-12-24(22)13-16-7-5-4-6-8-16/h4-10,15H,11-13H2,1-3H3,(H2,19,20,21). The summed E-state index contributed by atoms with van der Waals surface area (Å²) < 4.78 is 17.7. The van der Waals surface area contributed by atoms with Crippen molar-refractivity contribution in [2.24, 2.45) is 4.99 Å². The summed E-state index contributed by atoms with van der Waals surface area (Å²) in [6.07, 6.45) is 0. The SMILES string of the molecule is CN=C(NCCS(=O)Cc1ccccc1)NC(C)c1ccc(C)o1. The largest absolute Gasteiger partial charge is 0.464 e. The number of aliphatic imine (C=N–C) groups is 1. The van der Waals surface area contributed by atoms with Gasteiger partial charge in [-0.2, -0.15) is 0 Å². The Bertz CT molecular complexity index is 683. The lowest BCUT2D eigenvalue weighted by atomic mass is 10.2. The van der Waals surface area contributed by atoms with Crippen LogP contribution in [0.5, 0.6) is 0 Å². The quantitative estimate of drug-likeness (QED) is 0.597. The number of furan rings is 1. The Morgan fingerprint density at radius 1 is 1.25 bits per heavy atom. The molecule has 1 aromatic carbocycles. The number of nitrogens with one attached hydrogen (secondary N) is 2. The van der Waals surface area contributed by atoms with E-state index in [-0.39, 0.29) is 6.04 Å². The number of hydrogen-bond acceptors (Lipinski definition) is 3. The maximum Gasteiger partial charge on any atom is 0.191 e. The van der Waals surface area contributed by atoms with Crippen molar-refractivity contribution in [3.8, 4) is 0 Å². The van der Waals surface area contributed by atoms with Gasteiger partial charge in [0.25, 0.3) is 0 Å². The van der Waals surface area contributed by atoms with Gasteiger partial charge in [0.2, 0.25) is 0 Å². The fourth-order valence-corrected chi connectivity index (χ4v) is 3.31. The third-order valence-electron chi connectivity index (χ3n) is 3.56. The van der Waals surface area contributed by atoms with E-state index in [9.17, 15) is 4.21 Å². The van der Waals surface area contributed by atoms with Crippen LogP contribution >= 0.6 is 0 Å². The summed E-state index contributed by atoms with van der Waals surface area (Å²) in [5, 5.41) is 6.46. The Labute approximate surface area is 146 Å². The van der Waals surface area contributed by atoms with Crippen molar-refractivity contribution >= 4 is 16.8 Å². The minimum atomic E-state index is -0.899. The van der Waals surface area contributed by atoms with Crippen LogP contribution in [0.4, 0.5) is 0 Å². The number of benzene rings is 1. The Balaban J connectivity index is 1.74. The average Bonchev–Trinajstić information content (AvgIpc) is 3.01. The minimum Gasteiger partial charge on any atom is -0.464 e. The van der Waals surface area contributed by atoms with Gasteiger partial charge in [-0.25, -0.2) is 0 Å². The maximum atomic E-state index is 12.1. The van der Waals surface area contributed by atoms with Gasteiger partial charge in [-0.1, -0.05) is 30.3 Å². The molecule has 6 heteroatoms. The first-order chi connectivity index (χ1) is 11.6. The van der Waals surface area contributed by atoms with Crippen molar-refractivity contribution in [3.63, 3.8) is 0 Å². The number of guanidine groups is 1.